The lowest BCUT2D eigenvalue weighted by molar-refractivity contribution is 0.0595. The number of rotatable bonds is 3. The van der Waals surface area contributed by atoms with Crippen LogP contribution in [0.25, 0.3) is 10.9 Å². The van der Waals surface area contributed by atoms with Crippen molar-refractivity contribution in [1.82, 2.24) is 14.7 Å². The molecule has 25 heavy (non-hydrogen) atoms. The van der Waals surface area contributed by atoms with Gasteiger partial charge in [-0.1, -0.05) is 6.07 Å². The second-order valence-electron chi connectivity index (χ2n) is 6.49. The van der Waals surface area contributed by atoms with Crippen molar-refractivity contribution in [3.05, 3.63) is 29.0 Å². The van der Waals surface area contributed by atoms with Crippen LogP contribution >= 0.6 is 0 Å². The number of sulfone groups is 1. The number of hydrogen-bond acceptors (Lipinski definition) is 6. The molecule has 1 aliphatic rings. The minimum absolute atomic E-state index is 0.203. The van der Waals surface area contributed by atoms with Crippen LogP contribution in [0.3, 0.4) is 0 Å². The highest BCUT2D eigenvalue weighted by molar-refractivity contribution is 7.91. The van der Waals surface area contributed by atoms with Gasteiger partial charge in [-0.3, -0.25) is 9.58 Å². The Labute approximate surface area is 147 Å². The molecule has 1 aromatic carbocycles. The molecule has 0 spiro atoms. The van der Waals surface area contributed by atoms with E-state index in [1.807, 2.05) is 19.1 Å². The summed E-state index contributed by atoms with van der Waals surface area (Å²) in [6, 6.07) is 3.98. The Kier molecular flexibility index (Phi) is 4.83. The Hall–Kier alpha value is -1.93. The first-order valence-corrected chi connectivity index (χ1v) is 10.1. The minimum Gasteiger partial charge on any atom is -0.464 e. The highest BCUT2D eigenvalue weighted by Gasteiger charge is 2.22. The van der Waals surface area contributed by atoms with Gasteiger partial charge in [0.25, 0.3) is 0 Å². The Morgan fingerprint density at radius 3 is 2.76 bits per heavy atom. The molecule has 8 heteroatoms. The normalized spacial score (nSPS) is 18.2. The van der Waals surface area contributed by atoms with Gasteiger partial charge in [-0.2, -0.15) is 5.10 Å². The van der Waals surface area contributed by atoms with E-state index >= 15 is 0 Å². The van der Waals surface area contributed by atoms with Crippen LogP contribution in [0.15, 0.2) is 12.1 Å². The van der Waals surface area contributed by atoms with Gasteiger partial charge in [0.1, 0.15) is 0 Å². The largest absolute Gasteiger partial charge is 0.464 e. The van der Waals surface area contributed by atoms with Gasteiger partial charge in [-0.05, 0) is 37.1 Å². The third-order valence-electron chi connectivity index (χ3n) is 4.81. The van der Waals surface area contributed by atoms with Crippen LogP contribution in [-0.4, -0.2) is 60.8 Å². The molecule has 0 bridgehead atoms. The van der Waals surface area contributed by atoms with Gasteiger partial charge in [0, 0.05) is 25.5 Å². The molecule has 1 fully saturated rings. The predicted octanol–water partition coefficient (Wildman–Crippen LogP) is 1.29. The third-order valence-corrected chi connectivity index (χ3v) is 6.53. The molecule has 0 N–H and O–H groups in total. The molecule has 0 amide bonds. The van der Waals surface area contributed by atoms with E-state index in [2.05, 4.69) is 10.00 Å². The zero-order chi connectivity index (χ0) is 18.2. The zero-order valence-corrected chi connectivity index (χ0v) is 15.6. The Morgan fingerprint density at radius 2 is 2.04 bits per heavy atom. The topological polar surface area (TPSA) is 81.5 Å². The summed E-state index contributed by atoms with van der Waals surface area (Å²) >= 11 is 0. The van der Waals surface area contributed by atoms with Crippen LogP contribution in [0.2, 0.25) is 0 Å². The van der Waals surface area contributed by atoms with Gasteiger partial charge in [-0.15, -0.1) is 0 Å². The summed E-state index contributed by atoms with van der Waals surface area (Å²) in [5.74, 6) is 0.0114. The van der Waals surface area contributed by atoms with Gasteiger partial charge in [0.05, 0.1) is 24.1 Å². The van der Waals surface area contributed by atoms with Gasteiger partial charge in [0.15, 0.2) is 15.5 Å². The van der Waals surface area contributed by atoms with Crippen LogP contribution in [0, 0.1) is 6.92 Å². The molecule has 1 aliphatic heterocycles. The minimum atomic E-state index is -2.92. The lowest BCUT2D eigenvalue weighted by Gasteiger charge is -2.20. The van der Waals surface area contributed by atoms with Crippen molar-refractivity contribution in [2.24, 2.45) is 7.05 Å². The van der Waals surface area contributed by atoms with Crippen molar-refractivity contribution in [2.45, 2.75) is 19.9 Å². The highest BCUT2D eigenvalue weighted by atomic mass is 32.2. The Balaban J connectivity index is 1.95. The predicted molar refractivity (Wildman–Crippen MR) is 95.3 cm³/mol. The Morgan fingerprint density at radius 1 is 1.28 bits per heavy atom. The summed E-state index contributed by atoms with van der Waals surface area (Å²) in [6.07, 6.45) is 0.657. The molecule has 0 saturated carbocycles. The molecule has 136 valence electrons. The number of methoxy groups -OCH3 is 1. The number of aromatic nitrogens is 2. The number of ether oxygens (including phenoxy) is 1. The summed E-state index contributed by atoms with van der Waals surface area (Å²) < 4.78 is 30.1. The zero-order valence-electron chi connectivity index (χ0n) is 14.8. The number of esters is 1. The average molecular weight is 365 g/mol. The summed E-state index contributed by atoms with van der Waals surface area (Å²) in [6.45, 7) is 3.93. The standard InChI is InChI=1S/C17H23N3O4S/c1-12-13(11-20-7-4-9-25(22,23)10-8-20)5-6-14-15(12)16(17(21)24-3)18-19(14)2/h5-6H,4,7-11H2,1-3H3. The second kappa shape index (κ2) is 6.76. The highest BCUT2D eigenvalue weighted by Crippen LogP contribution is 2.26. The summed E-state index contributed by atoms with van der Waals surface area (Å²) in [4.78, 5) is 14.2. The summed E-state index contributed by atoms with van der Waals surface area (Å²) in [5, 5.41) is 5.09. The van der Waals surface area contributed by atoms with E-state index in [0.717, 1.165) is 28.6 Å². The van der Waals surface area contributed by atoms with Gasteiger partial charge < -0.3 is 4.74 Å². The fraction of sp³-hybridized carbons (Fsp3) is 0.529. The maximum Gasteiger partial charge on any atom is 0.359 e. The van der Waals surface area contributed by atoms with E-state index in [9.17, 15) is 13.2 Å². The van der Waals surface area contributed by atoms with Crippen LogP contribution in [0.1, 0.15) is 28.0 Å². The first kappa shape index (κ1) is 17.9. The first-order valence-electron chi connectivity index (χ1n) is 8.28. The van der Waals surface area contributed by atoms with Crippen LogP contribution in [0.5, 0.6) is 0 Å². The van der Waals surface area contributed by atoms with E-state index in [4.69, 9.17) is 4.74 Å². The van der Waals surface area contributed by atoms with Crippen LogP contribution in [-0.2, 0) is 28.2 Å². The molecule has 0 radical (unpaired) electrons. The second-order valence-corrected chi connectivity index (χ2v) is 8.79. The molecule has 2 aromatic rings. The van der Waals surface area contributed by atoms with E-state index in [1.165, 1.54) is 7.11 Å². The molecule has 1 aromatic heterocycles. The molecule has 1 saturated heterocycles. The van der Waals surface area contributed by atoms with Crippen molar-refractivity contribution >= 4 is 26.7 Å². The molecule has 0 unspecified atom stereocenters. The van der Waals surface area contributed by atoms with E-state index in [1.54, 1.807) is 11.7 Å². The lowest BCUT2D eigenvalue weighted by atomic mass is 10.0. The Bertz CT molecular complexity index is 918. The van der Waals surface area contributed by atoms with E-state index < -0.39 is 15.8 Å². The van der Waals surface area contributed by atoms with Gasteiger partial charge in [0.2, 0.25) is 0 Å². The van der Waals surface area contributed by atoms with Crippen molar-refractivity contribution in [1.29, 1.82) is 0 Å². The fourth-order valence-corrected chi connectivity index (χ4v) is 4.67. The maximum atomic E-state index is 12.0. The number of fused-ring (bicyclic) bond motifs is 1. The number of nitrogens with zero attached hydrogens (tertiary/aromatic N) is 3. The summed E-state index contributed by atoms with van der Waals surface area (Å²) in [7, 11) is 0.223. The SMILES string of the molecule is COC(=O)c1nn(C)c2ccc(CN3CCCS(=O)(=O)CC3)c(C)c12. The van der Waals surface area contributed by atoms with E-state index in [-0.39, 0.29) is 11.5 Å². The molecule has 0 atom stereocenters. The van der Waals surface area contributed by atoms with Crippen molar-refractivity contribution in [3.8, 4) is 0 Å². The van der Waals surface area contributed by atoms with Gasteiger partial charge in [-0.25, -0.2) is 13.2 Å². The number of benzene rings is 1. The van der Waals surface area contributed by atoms with Crippen LogP contribution < -0.4 is 0 Å². The number of hydrogen-bond donors (Lipinski definition) is 0. The molecular weight excluding hydrogens is 342 g/mol. The molecule has 7 nitrogen and oxygen atoms in total. The number of carbonyl (C=O) groups excluding carboxylic acids is 1. The van der Waals surface area contributed by atoms with Crippen molar-refractivity contribution < 1.29 is 17.9 Å². The first-order chi connectivity index (χ1) is 11.8. The smallest absolute Gasteiger partial charge is 0.359 e. The van der Waals surface area contributed by atoms with Crippen LogP contribution in [0.4, 0.5) is 0 Å². The number of aryl methyl sites for hydroxylation is 2. The average Bonchev–Trinajstić information content (AvgIpc) is 2.81. The monoisotopic (exact) mass is 365 g/mol. The molecule has 0 aliphatic carbocycles. The van der Waals surface area contributed by atoms with Gasteiger partial charge >= 0.3 is 5.97 Å². The molecular formula is C17H23N3O4S. The summed E-state index contributed by atoms with van der Waals surface area (Å²) in [5.41, 5.74) is 3.25. The fourth-order valence-electron chi connectivity index (χ4n) is 3.36. The quantitative estimate of drug-likeness (QED) is 0.763. The lowest BCUT2D eigenvalue weighted by Crippen LogP contribution is -2.27. The molecule has 3 rings (SSSR count). The maximum absolute atomic E-state index is 12.0. The van der Waals surface area contributed by atoms with Crippen molar-refractivity contribution in [2.75, 3.05) is 31.7 Å². The molecule has 2 heterocycles. The third kappa shape index (κ3) is 3.55. The van der Waals surface area contributed by atoms with E-state index in [0.29, 0.717) is 25.2 Å². The number of carbonyl (C=O) groups is 1. The van der Waals surface area contributed by atoms with Crippen molar-refractivity contribution in [3.63, 3.8) is 0 Å².